The average Bonchev–Trinajstić information content (AvgIpc) is 0.808. The Kier molecular flexibility index (Phi) is 14.5. The number of anilines is 6. The lowest BCUT2D eigenvalue weighted by atomic mass is 9.33. The fraction of sp³-hybridized carbons (Fsp3) is 0.250. The molecule has 0 amide bonds. The lowest BCUT2D eigenvalue weighted by molar-refractivity contribution is 0.332. The molecule has 0 bridgehead atoms. The number of rotatable bonds is 8. The first-order chi connectivity index (χ1) is 47.8. The highest BCUT2D eigenvalue weighted by Gasteiger charge is 2.45. The molecule has 100 heavy (non-hydrogen) atoms. The third-order valence-electron chi connectivity index (χ3n) is 23.8. The molecular formula is C96H92BN3. The minimum Gasteiger partial charge on any atom is -0.311 e. The second-order valence-corrected chi connectivity index (χ2v) is 34.3. The van der Waals surface area contributed by atoms with Crippen molar-refractivity contribution < 1.29 is 0 Å². The minimum atomic E-state index is -0.163. The van der Waals surface area contributed by atoms with E-state index in [0.29, 0.717) is 0 Å². The number of para-hydroxylation sites is 1. The van der Waals surface area contributed by atoms with Crippen molar-refractivity contribution >= 4 is 79.0 Å². The molecule has 0 spiro atoms. The molecule has 3 heterocycles. The molecule has 2 aliphatic heterocycles. The van der Waals surface area contributed by atoms with Crippen LogP contribution in [0.3, 0.4) is 0 Å². The second-order valence-electron chi connectivity index (χ2n) is 34.3. The van der Waals surface area contributed by atoms with Gasteiger partial charge in [0, 0.05) is 44.9 Å². The van der Waals surface area contributed by atoms with E-state index in [0.717, 1.165) is 28.4 Å². The van der Waals surface area contributed by atoms with Crippen LogP contribution in [0.2, 0.25) is 0 Å². The Balaban J connectivity index is 0.941. The quantitative estimate of drug-likeness (QED) is 0.141. The summed E-state index contributed by atoms with van der Waals surface area (Å²) in [5.41, 5.74) is 35.4. The molecule has 12 aromatic carbocycles. The zero-order valence-corrected chi connectivity index (χ0v) is 61.0. The Morgan fingerprint density at radius 1 is 0.280 bits per heavy atom. The maximum absolute atomic E-state index is 2.62. The van der Waals surface area contributed by atoms with Gasteiger partial charge in [0.2, 0.25) is 0 Å². The van der Waals surface area contributed by atoms with E-state index in [2.05, 4.69) is 366 Å². The first-order valence-corrected chi connectivity index (χ1v) is 36.7. The van der Waals surface area contributed by atoms with Gasteiger partial charge < -0.3 is 14.4 Å². The zero-order chi connectivity index (χ0) is 69.2. The van der Waals surface area contributed by atoms with Crippen molar-refractivity contribution in [3.05, 3.63) is 288 Å². The summed E-state index contributed by atoms with van der Waals surface area (Å²) in [6.45, 7) is 33.2. The summed E-state index contributed by atoms with van der Waals surface area (Å²) < 4.78 is 2.55. The Bertz CT molecular complexity index is 5190. The molecule has 4 aliphatic rings. The Morgan fingerprint density at radius 2 is 0.650 bits per heavy atom. The molecule has 4 heteroatoms. The predicted molar refractivity (Wildman–Crippen MR) is 430 cm³/mol. The molecule has 0 atom stereocenters. The van der Waals surface area contributed by atoms with Gasteiger partial charge in [0.1, 0.15) is 0 Å². The number of nitrogens with zero attached hydrogens (tertiary/aromatic N) is 3. The highest BCUT2D eigenvalue weighted by molar-refractivity contribution is 7.00. The molecule has 0 fully saturated rings. The van der Waals surface area contributed by atoms with E-state index in [1.807, 2.05) is 0 Å². The third-order valence-corrected chi connectivity index (χ3v) is 23.8. The number of aromatic nitrogens is 1. The molecule has 494 valence electrons. The molecule has 17 rings (SSSR count). The summed E-state index contributed by atoms with van der Waals surface area (Å²) in [4.78, 5) is 5.24. The summed E-state index contributed by atoms with van der Waals surface area (Å²) in [7, 11) is 0. The zero-order valence-electron chi connectivity index (χ0n) is 61.0. The highest BCUT2D eigenvalue weighted by atomic mass is 15.2. The molecule has 3 nitrogen and oxygen atoms in total. The van der Waals surface area contributed by atoms with Gasteiger partial charge in [0.25, 0.3) is 6.71 Å². The van der Waals surface area contributed by atoms with Crippen molar-refractivity contribution in [3.63, 3.8) is 0 Å². The summed E-state index contributed by atoms with van der Waals surface area (Å²) in [6.07, 6.45) is 4.73. The normalized spacial score (nSPS) is 16.2. The molecule has 0 radical (unpaired) electrons. The van der Waals surface area contributed by atoms with Crippen molar-refractivity contribution in [1.82, 2.24) is 4.57 Å². The van der Waals surface area contributed by atoms with Gasteiger partial charge >= 0.3 is 0 Å². The van der Waals surface area contributed by atoms with E-state index in [1.54, 1.807) is 0 Å². The molecule has 1 aromatic heterocycles. The average molecular weight is 1300 g/mol. The topological polar surface area (TPSA) is 11.4 Å². The van der Waals surface area contributed by atoms with Gasteiger partial charge in [-0.05, 0) is 230 Å². The van der Waals surface area contributed by atoms with Crippen LogP contribution in [-0.4, -0.2) is 11.3 Å². The van der Waals surface area contributed by atoms with E-state index in [4.69, 9.17) is 0 Å². The van der Waals surface area contributed by atoms with Crippen molar-refractivity contribution in [2.75, 3.05) is 9.80 Å². The monoisotopic (exact) mass is 1300 g/mol. The van der Waals surface area contributed by atoms with E-state index in [1.165, 1.54) is 164 Å². The van der Waals surface area contributed by atoms with Crippen LogP contribution in [0.1, 0.15) is 156 Å². The summed E-state index contributed by atoms with van der Waals surface area (Å²) in [6, 6.07) is 99.2. The fourth-order valence-electron chi connectivity index (χ4n) is 17.6. The van der Waals surface area contributed by atoms with Crippen LogP contribution in [0.5, 0.6) is 0 Å². The van der Waals surface area contributed by atoms with Gasteiger partial charge in [-0.15, -0.1) is 0 Å². The standard InChI is InChI=1S/C96H92BN3/c1-91(2,3)71-26-20-24-64(52-71)69-37-46-86-82(57-69)97-83-58-70(65-25-21-27-72(53-65)92(4,5)6)38-47-87(83)99(74-41-32-63(33-42-74)68-35-44-79-81(56-68)96(13,14)51-49-94(79,9)10)89-60-75(100-84-29-19-18-28-76(84)77-54-66(36-45-85(77)100)61-22-16-15-17-23-61)59-88(90(89)97)98(86)73-39-30-62(31-40-73)67-34-43-78-80(55-67)95(11,12)50-48-93(78,7)8/h15-47,52-60H,48-51H2,1-14H3. The van der Waals surface area contributed by atoms with E-state index in [9.17, 15) is 0 Å². The number of benzene rings is 12. The van der Waals surface area contributed by atoms with Gasteiger partial charge in [-0.2, -0.15) is 0 Å². The molecule has 13 aromatic rings. The number of hydrogen-bond donors (Lipinski definition) is 0. The molecule has 0 saturated carbocycles. The number of fused-ring (bicyclic) bond motifs is 9. The van der Waals surface area contributed by atoms with Crippen LogP contribution in [0.15, 0.2) is 255 Å². The lowest BCUT2D eigenvalue weighted by Crippen LogP contribution is -2.61. The Morgan fingerprint density at radius 3 is 1.13 bits per heavy atom. The van der Waals surface area contributed by atoms with Crippen LogP contribution >= 0.6 is 0 Å². The first kappa shape index (κ1) is 63.5. The predicted octanol–water partition coefficient (Wildman–Crippen LogP) is 24.5. The van der Waals surface area contributed by atoms with E-state index < -0.39 is 0 Å². The third kappa shape index (κ3) is 10.5. The van der Waals surface area contributed by atoms with Crippen LogP contribution in [-0.2, 0) is 32.5 Å². The fourth-order valence-corrected chi connectivity index (χ4v) is 17.6. The lowest BCUT2D eigenvalue weighted by Gasteiger charge is -2.45. The van der Waals surface area contributed by atoms with Crippen LogP contribution in [0, 0.1) is 0 Å². The Labute approximate surface area is 594 Å². The van der Waals surface area contributed by atoms with E-state index in [-0.39, 0.29) is 39.2 Å². The van der Waals surface area contributed by atoms with Crippen LogP contribution in [0.4, 0.5) is 34.1 Å². The van der Waals surface area contributed by atoms with Gasteiger partial charge in [-0.3, -0.25) is 0 Å². The largest absolute Gasteiger partial charge is 0.311 e. The Hall–Kier alpha value is -9.90. The van der Waals surface area contributed by atoms with Gasteiger partial charge in [0.05, 0.1) is 16.7 Å². The highest BCUT2D eigenvalue weighted by Crippen LogP contribution is 2.52. The van der Waals surface area contributed by atoms with Crippen molar-refractivity contribution in [1.29, 1.82) is 0 Å². The van der Waals surface area contributed by atoms with Crippen molar-refractivity contribution in [2.45, 2.75) is 155 Å². The van der Waals surface area contributed by atoms with Gasteiger partial charge in [-0.25, -0.2) is 0 Å². The maximum Gasteiger partial charge on any atom is 0.252 e. The molecule has 2 aliphatic carbocycles. The van der Waals surface area contributed by atoms with Crippen LogP contribution < -0.4 is 26.2 Å². The summed E-state index contributed by atoms with van der Waals surface area (Å²) in [5.74, 6) is 0. The van der Waals surface area contributed by atoms with E-state index >= 15 is 0 Å². The van der Waals surface area contributed by atoms with Crippen molar-refractivity contribution in [2.24, 2.45) is 0 Å². The SMILES string of the molecule is CC(C)(C)c1cccc(-c2ccc3c(c2)B2c4cc(-c5cccc(C(C)(C)C)c5)ccc4N(c4ccc(-c5ccc6c(c5)C(C)(C)CCC6(C)C)cc4)c4cc(-n5c6ccccc6c6cc(-c7ccccc7)ccc65)cc(c42)N3c2ccc(-c3ccc4c(c3)C(C)(C)CCC4(C)C)cc2)c1. The second kappa shape index (κ2) is 22.8. The van der Waals surface area contributed by atoms with Crippen LogP contribution in [0.25, 0.3) is 83.1 Å². The summed E-state index contributed by atoms with van der Waals surface area (Å²) in [5, 5.41) is 2.45. The van der Waals surface area contributed by atoms with Gasteiger partial charge in [0.15, 0.2) is 0 Å². The first-order valence-electron chi connectivity index (χ1n) is 36.7. The molecule has 0 saturated heterocycles. The van der Waals surface area contributed by atoms with Crippen molar-refractivity contribution in [3.8, 4) is 61.3 Å². The minimum absolute atomic E-state index is 0.0233. The number of hydrogen-bond acceptors (Lipinski definition) is 2. The molecular weight excluding hydrogens is 1210 g/mol. The molecule has 0 unspecified atom stereocenters. The maximum atomic E-state index is 2.62. The van der Waals surface area contributed by atoms with Gasteiger partial charge in [-0.1, -0.05) is 285 Å². The molecule has 0 N–H and O–H groups in total. The smallest absolute Gasteiger partial charge is 0.252 e. The summed E-state index contributed by atoms with van der Waals surface area (Å²) >= 11 is 0.